The van der Waals surface area contributed by atoms with E-state index in [4.69, 9.17) is 0 Å². The molecule has 2 heteroatoms. The first kappa shape index (κ1) is 21.5. The van der Waals surface area contributed by atoms with Crippen LogP contribution in [0.2, 0.25) is 0 Å². The van der Waals surface area contributed by atoms with E-state index in [0.29, 0.717) is 0 Å². The van der Waals surface area contributed by atoms with Gasteiger partial charge in [-0.25, -0.2) is 0 Å². The highest BCUT2D eigenvalue weighted by Crippen LogP contribution is 2.07. The van der Waals surface area contributed by atoms with Crippen LogP contribution in [0.15, 0.2) is 53.6 Å². The minimum Gasteiger partial charge on any atom is -0.362 e. The maximum Gasteiger partial charge on any atom is 0.0987 e. The van der Waals surface area contributed by atoms with Crippen LogP contribution < -0.4 is 0 Å². The van der Waals surface area contributed by atoms with Crippen molar-refractivity contribution in [2.75, 3.05) is 20.1 Å². The van der Waals surface area contributed by atoms with E-state index in [1.807, 2.05) is 0 Å². The number of nitrogens with zero attached hydrogens (tertiary/aromatic N) is 2. The minimum absolute atomic E-state index is 0.982. The van der Waals surface area contributed by atoms with E-state index in [2.05, 4.69) is 72.5 Å². The molecule has 0 aromatic carbocycles. The van der Waals surface area contributed by atoms with Crippen molar-refractivity contribution in [3.05, 3.63) is 48.6 Å². The molecule has 1 heterocycles. The van der Waals surface area contributed by atoms with Gasteiger partial charge in [0.05, 0.1) is 12.4 Å². The molecule has 0 spiro atoms. The highest BCUT2D eigenvalue weighted by atomic mass is 15.2. The van der Waals surface area contributed by atoms with Crippen molar-refractivity contribution in [2.24, 2.45) is 4.99 Å². The topological polar surface area (TPSA) is 15.6 Å². The van der Waals surface area contributed by atoms with Gasteiger partial charge in [0.25, 0.3) is 0 Å². The van der Waals surface area contributed by atoms with E-state index in [1.165, 1.54) is 37.9 Å². The zero-order valence-electron chi connectivity index (χ0n) is 16.5. The Bertz CT molecular complexity index is 455. The Labute approximate surface area is 156 Å². The van der Waals surface area contributed by atoms with Crippen LogP contribution in [0.1, 0.15) is 71.1 Å². The standard InChI is InChI=1S/C23H38N2/c1-3-4-5-6-7-8-9-10-11-12-13-14-15-16-17-18-19-20-23-24-21-22-25(23)2/h7-8,10-11,13-14,16-17H,3-6,9,12,15,18-22H2,1-2H3/b8-7-,11-10-,14-13-,17-16-. The monoisotopic (exact) mass is 342 g/mol. The van der Waals surface area contributed by atoms with Crippen LogP contribution in [-0.2, 0) is 0 Å². The molecule has 0 amide bonds. The second kappa shape index (κ2) is 15.9. The fourth-order valence-electron chi connectivity index (χ4n) is 2.79. The second-order valence-electron chi connectivity index (χ2n) is 6.70. The summed E-state index contributed by atoms with van der Waals surface area (Å²) in [6.45, 7) is 4.33. The zero-order chi connectivity index (χ0) is 18.0. The molecule has 0 atom stereocenters. The largest absolute Gasteiger partial charge is 0.362 e. The fourth-order valence-corrected chi connectivity index (χ4v) is 2.79. The van der Waals surface area contributed by atoms with E-state index in [0.717, 1.165) is 45.2 Å². The van der Waals surface area contributed by atoms with Gasteiger partial charge in [-0.05, 0) is 44.9 Å². The molecule has 1 rings (SSSR count). The third kappa shape index (κ3) is 12.4. The van der Waals surface area contributed by atoms with Gasteiger partial charge in [-0.15, -0.1) is 0 Å². The molecule has 0 N–H and O–H groups in total. The third-order valence-corrected chi connectivity index (χ3v) is 4.40. The minimum atomic E-state index is 0.982. The molecule has 25 heavy (non-hydrogen) atoms. The summed E-state index contributed by atoms with van der Waals surface area (Å²) in [6.07, 6.45) is 30.1. The predicted molar refractivity (Wildman–Crippen MR) is 113 cm³/mol. The van der Waals surface area contributed by atoms with Gasteiger partial charge in [-0.2, -0.15) is 0 Å². The number of unbranched alkanes of at least 4 members (excludes halogenated alkanes) is 4. The molecule has 0 aromatic rings. The smallest absolute Gasteiger partial charge is 0.0987 e. The predicted octanol–water partition coefficient (Wildman–Crippen LogP) is 6.48. The second-order valence-corrected chi connectivity index (χ2v) is 6.70. The van der Waals surface area contributed by atoms with Crippen LogP contribution >= 0.6 is 0 Å². The number of hydrogen-bond acceptors (Lipinski definition) is 2. The maximum atomic E-state index is 4.52. The van der Waals surface area contributed by atoms with Gasteiger partial charge in [-0.3, -0.25) is 4.99 Å². The van der Waals surface area contributed by atoms with Crippen LogP contribution in [0.4, 0.5) is 0 Å². The quantitative estimate of drug-likeness (QED) is 0.261. The molecular formula is C23H38N2. The van der Waals surface area contributed by atoms with E-state index in [1.54, 1.807) is 0 Å². The van der Waals surface area contributed by atoms with Crippen molar-refractivity contribution in [1.82, 2.24) is 4.90 Å². The van der Waals surface area contributed by atoms with Crippen LogP contribution in [0.3, 0.4) is 0 Å². The summed E-state index contributed by atoms with van der Waals surface area (Å²) in [5.74, 6) is 1.29. The summed E-state index contributed by atoms with van der Waals surface area (Å²) in [7, 11) is 2.14. The molecule has 0 saturated carbocycles. The van der Waals surface area contributed by atoms with Crippen molar-refractivity contribution in [2.45, 2.75) is 71.1 Å². The lowest BCUT2D eigenvalue weighted by atomic mass is 10.2. The van der Waals surface area contributed by atoms with Gasteiger partial charge in [0, 0.05) is 20.0 Å². The Morgan fingerprint density at radius 1 is 0.800 bits per heavy atom. The molecule has 0 aromatic heterocycles. The Kier molecular flexibility index (Phi) is 13.7. The molecule has 0 saturated heterocycles. The number of rotatable bonds is 14. The average molecular weight is 343 g/mol. The van der Waals surface area contributed by atoms with Crippen molar-refractivity contribution in [3.8, 4) is 0 Å². The average Bonchev–Trinajstić information content (AvgIpc) is 3.02. The number of amidine groups is 1. The Hall–Kier alpha value is -1.57. The summed E-state index contributed by atoms with van der Waals surface area (Å²) < 4.78 is 0. The van der Waals surface area contributed by atoms with Crippen molar-refractivity contribution >= 4 is 5.84 Å². The molecule has 0 unspecified atom stereocenters. The van der Waals surface area contributed by atoms with Gasteiger partial charge in [-0.1, -0.05) is 68.4 Å². The van der Waals surface area contributed by atoms with Gasteiger partial charge >= 0.3 is 0 Å². The lowest BCUT2D eigenvalue weighted by Gasteiger charge is -2.12. The van der Waals surface area contributed by atoms with E-state index < -0.39 is 0 Å². The normalized spacial score (nSPS) is 15.6. The van der Waals surface area contributed by atoms with E-state index in [9.17, 15) is 0 Å². The Balaban J connectivity index is 1.91. The zero-order valence-corrected chi connectivity index (χ0v) is 16.5. The first-order valence-corrected chi connectivity index (χ1v) is 10.2. The number of aliphatic imine (C=N–C) groups is 1. The lowest BCUT2D eigenvalue weighted by molar-refractivity contribution is 0.542. The Morgan fingerprint density at radius 2 is 1.36 bits per heavy atom. The van der Waals surface area contributed by atoms with Crippen LogP contribution in [0, 0.1) is 0 Å². The van der Waals surface area contributed by atoms with Crippen LogP contribution in [-0.4, -0.2) is 30.9 Å². The maximum absolute atomic E-state index is 4.52. The Morgan fingerprint density at radius 3 is 1.88 bits per heavy atom. The SMILES string of the molecule is CCCCC/C=C\C/C=C\C/C=C\C/C=C\CCCC1=NCCN1C. The van der Waals surface area contributed by atoms with Crippen LogP contribution in [0.5, 0.6) is 0 Å². The number of allylic oxidation sites excluding steroid dienone is 8. The van der Waals surface area contributed by atoms with Crippen molar-refractivity contribution < 1.29 is 0 Å². The fraction of sp³-hybridized carbons (Fsp3) is 0.609. The number of hydrogen-bond donors (Lipinski definition) is 0. The first-order valence-electron chi connectivity index (χ1n) is 10.2. The highest BCUT2D eigenvalue weighted by molar-refractivity contribution is 5.83. The molecular weight excluding hydrogens is 304 g/mol. The molecule has 0 aliphatic carbocycles. The molecule has 0 fully saturated rings. The summed E-state index contributed by atoms with van der Waals surface area (Å²) in [4.78, 5) is 6.80. The van der Waals surface area contributed by atoms with E-state index >= 15 is 0 Å². The van der Waals surface area contributed by atoms with Crippen molar-refractivity contribution in [3.63, 3.8) is 0 Å². The first-order chi connectivity index (χ1) is 12.3. The third-order valence-electron chi connectivity index (χ3n) is 4.40. The highest BCUT2D eigenvalue weighted by Gasteiger charge is 2.10. The lowest BCUT2D eigenvalue weighted by Crippen LogP contribution is -2.22. The summed E-state index contributed by atoms with van der Waals surface area (Å²) >= 11 is 0. The van der Waals surface area contributed by atoms with Gasteiger partial charge in [0.1, 0.15) is 0 Å². The van der Waals surface area contributed by atoms with E-state index in [-0.39, 0.29) is 0 Å². The molecule has 140 valence electrons. The van der Waals surface area contributed by atoms with Gasteiger partial charge < -0.3 is 4.90 Å². The van der Waals surface area contributed by atoms with Crippen molar-refractivity contribution in [1.29, 1.82) is 0 Å². The summed E-state index contributed by atoms with van der Waals surface area (Å²) in [5, 5.41) is 0. The molecule has 0 bridgehead atoms. The molecule has 0 radical (unpaired) electrons. The van der Waals surface area contributed by atoms with Gasteiger partial charge in [0.2, 0.25) is 0 Å². The molecule has 1 aliphatic rings. The van der Waals surface area contributed by atoms with Crippen LogP contribution in [0.25, 0.3) is 0 Å². The number of likely N-dealkylation sites (N-methyl/N-ethyl adjacent to an activating group) is 1. The molecule has 1 aliphatic heterocycles. The van der Waals surface area contributed by atoms with Gasteiger partial charge in [0.15, 0.2) is 0 Å². The molecule has 2 nitrogen and oxygen atoms in total. The summed E-state index contributed by atoms with van der Waals surface area (Å²) in [5.41, 5.74) is 0. The summed E-state index contributed by atoms with van der Waals surface area (Å²) in [6, 6.07) is 0.